The Hall–Kier alpha value is -2.45. The molecule has 6 nitrogen and oxygen atoms in total. The van der Waals surface area contributed by atoms with E-state index in [0.29, 0.717) is 18.8 Å². The number of piperazine rings is 1. The number of nitrogens with two attached hydrogens (primary N) is 1. The molecule has 1 saturated heterocycles. The van der Waals surface area contributed by atoms with Gasteiger partial charge in [-0.1, -0.05) is 12.1 Å². The highest BCUT2D eigenvalue weighted by Crippen LogP contribution is 2.23. The molecule has 3 rings (SSSR count). The average molecular weight is 363 g/mol. The smallest absolute Gasteiger partial charge is 0.248 e. The Morgan fingerprint density at radius 3 is 2.12 bits per heavy atom. The van der Waals surface area contributed by atoms with Crippen LogP contribution in [0.1, 0.15) is 10.4 Å². The molecule has 0 aliphatic carbocycles. The lowest BCUT2D eigenvalue weighted by molar-refractivity contribution is 0.1000. The second kappa shape index (κ2) is 6.81. The number of halogens is 1. The van der Waals surface area contributed by atoms with Crippen molar-refractivity contribution in [2.75, 3.05) is 31.1 Å². The number of nitrogens with zero attached hydrogens (tertiary/aromatic N) is 2. The van der Waals surface area contributed by atoms with E-state index < -0.39 is 15.9 Å². The van der Waals surface area contributed by atoms with Gasteiger partial charge in [-0.3, -0.25) is 4.79 Å². The molecule has 2 N–H and O–H groups in total. The third-order valence-electron chi connectivity index (χ3n) is 4.21. The fraction of sp³-hybridized carbons (Fsp3) is 0.235. The van der Waals surface area contributed by atoms with Crippen LogP contribution in [0.5, 0.6) is 0 Å². The van der Waals surface area contributed by atoms with Crippen molar-refractivity contribution in [2.45, 2.75) is 4.90 Å². The van der Waals surface area contributed by atoms with E-state index in [-0.39, 0.29) is 29.4 Å². The highest BCUT2D eigenvalue weighted by atomic mass is 32.2. The molecule has 0 radical (unpaired) electrons. The molecule has 0 atom stereocenters. The minimum absolute atomic E-state index is 0.108. The van der Waals surface area contributed by atoms with Crippen LogP contribution >= 0.6 is 0 Å². The number of primary amides is 1. The number of amides is 1. The number of benzene rings is 2. The molecule has 0 spiro atoms. The van der Waals surface area contributed by atoms with Crippen LogP contribution in [-0.2, 0) is 10.0 Å². The highest BCUT2D eigenvalue weighted by molar-refractivity contribution is 7.89. The molecule has 1 aliphatic heterocycles. The molecular weight excluding hydrogens is 345 g/mol. The molecule has 8 heteroatoms. The van der Waals surface area contributed by atoms with Crippen molar-refractivity contribution in [1.29, 1.82) is 0 Å². The van der Waals surface area contributed by atoms with Crippen molar-refractivity contribution in [3.05, 3.63) is 59.9 Å². The largest absolute Gasteiger partial charge is 0.367 e. The van der Waals surface area contributed by atoms with Crippen LogP contribution < -0.4 is 10.6 Å². The fourth-order valence-electron chi connectivity index (χ4n) is 2.82. The summed E-state index contributed by atoms with van der Waals surface area (Å²) in [5.41, 5.74) is 5.89. The first-order valence-electron chi connectivity index (χ1n) is 7.79. The summed E-state index contributed by atoms with van der Waals surface area (Å²) in [6.07, 6.45) is 0. The molecule has 1 fully saturated rings. The van der Waals surface area contributed by atoms with Gasteiger partial charge in [-0.2, -0.15) is 4.31 Å². The third kappa shape index (κ3) is 3.49. The Labute approximate surface area is 145 Å². The number of hydrogen-bond acceptors (Lipinski definition) is 4. The van der Waals surface area contributed by atoms with Gasteiger partial charge in [0.05, 0.1) is 10.6 Å². The summed E-state index contributed by atoms with van der Waals surface area (Å²) < 4.78 is 40.6. The van der Waals surface area contributed by atoms with E-state index in [9.17, 15) is 17.6 Å². The molecule has 1 amide bonds. The molecule has 0 bridgehead atoms. The monoisotopic (exact) mass is 363 g/mol. The van der Waals surface area contributed by atoms with Gasteiger partial charge >= 0.3 is 0 Å². The number of anilines is 1. The molecule has 0 saturated carbocycles. The van der Waals surface area contributed by atoms with E-state index in [4.69, 9.17) is 5.73 Å². The SMILES string of the molecule is NC(=O)c1ccc(S(=O)(=O)N2CCN(c3ccccc3F)CC2)cc1. The number of carbonyl (C=O) groups excluding carboxylic acids is 1. The number of hydrogen-bond donors (Lipinski definition) is 1. The quantitative estimate of drug-likeness (QED) is 0.891. The van der Waals surface area contributed by atoms with E-state index in [1.807, 2.05) is 4.90 Å². The number of sulfonamides is 1. The normalized spacial score (nSPS) is 16.0. The Bertz CT molecular complexity index is 876. The third-order valence-corrected chi connectivity index (χ3v) is 6.12. The molecule has 2 aromatic carbocycles. The lowest BCUT2D eigenvalue weighted by Gasteiger charge is -2.35. The van der Waals surface area contributed by atoms with Crippen molar-refractivity contribution < 1.29 is 17.6 Å². The zero-order valence-electron chi connectivity index (χ0n) is 13.4. The average Bonchev–Trinajstić information content (AvgIpc) is 2.62. The van der Waals surface area contributed by atoms with Crippen LogP contribution in [0.3, 0.4) is 0 Å². The van der Waals surface area contributed by atoms with Crippen LogP contribution in [0.25, 0.3) is 0 Å². The minimum Gasteiger partial charge on any atom is -0.367 e. The van der Waals surface area contributed by atoms with E-state index in [1.165, 1.54) is 34.6 Å². The molecule has 2 aromatic rings. The molecule has 25 heavy (non-hydrogen) atoms. The van der Waals surface area contributed by atoms with Gasteiger partial charge in [-0.25, -0.2) is 12.8 Å². The van der Waals surface area contributed by atoms with Crippen molar-refractivity contribution in [2.24, 2.45) is 5.73 Å². The second-order valence-corrected chi connectivity index (χ2v) is 7.67. The lowest BCUT2D eigenvalue weighted by atomic mass is 10.2. The standard InChI is InChI=1S/C17H18FN3O3S/c18-15-3-1-2-4-16(15)20-9-11-21(12-10-20)25(23,24)14-7-5-13(6-8-14)17(19)22/h1-8H,9-12H2,(H2,19,22). The number of rotatable bonds is 4. The molecule has 1 heterocycles. The fourth-order valence-corrected chi connectivity index (χ4v) is 4.24. The second-order valence-electron chi connectivity index (χ2n) is 5.73. The molecular formula is C17H18FN3O3S. The maximum Gasteiger partial charge on any atom is 0.248 e. The van der Waals surface area contributed by atoms with Crippen molar-refractivity contribution in [3.8, 4) is 0 Å². The minimum atomic E-state index is -3.66. The zero-order chi connectivity index (χ0) is 18.0. The Balaban J connectivity index is 1.73. The number of carbonyl (C=O) groups is 1. The van der Waals surface area contributed by atoms with Gasteiger partial charge in [0, 0.05) is 31.7 Å². The summed E-state index contributed by atoms with van der Waals surface area (Å²) in [7, 11) is -3.66. The summed E-state index contributed by atoms with van der Waals surface area (Å²) in [4.78, 5) is 13.0. The van der Waals surface area contributed by atoms with Gasteiger partial charge in [0.25, 0.3) is 0 Å². The highest BCUT2D eigenvalue weighted by Gasteiger charge is 2.29. The molecule has 132 valence electrons. The predicted octanol–water partition coefficient (Wildman–Crippen LogP) is 1.44. The summed E-state index contributed by atoms with van der Waals surface area (Å²) in [6.45, 7) is 1.32. The maximum atomic E-state index is 13.9. The van der Waals surface area contributed by atoms with Gasteiger partial charge < -0.3 is 10.6 Å². The van der Waals surface area contributed by atoms with Crippen molar-refractivity contribution >= 4 is 21.6 Å². The van der Waals surface area contributed by atoms with E-state index in [0.717, 1.165) is 0 Å². The number of para-hydroxylation sites is 1. The Morgan fingerprint density at radius 1 is 0.960 bits per heavy atom. The van der Waals surface area contributed by atoms with Gasteiger partial charge in [0.2, 0.25) is 15.9 Å². The summed E-state index contributed by atoms with van der Waals surface area (Å²) in [5, 5.41) is 0. The van der Waals surface area contributed by atoms with Crippen LogP contribution in [0, 0.1) is 5.82 Å². The summed E-state index contributed by atoms with van der Waals surface area (Å²) in [6, 6.07) is 12.0. The van der Waals surface area contributed by atoms with E-state index >= 15 is 0 Å². The Morgan fingerprint density at radius 2 is 1.56 bits per heavy atom. The lowest BCUT2D eigenvalue weighted by Crippen LogP contribution is -2.48. The first kappa shape index (κ1) is 17.4. The Kier molecular flexibility index (Phi) is 4.73. The molecule has 0 aromatic heterocycles. The van der Waals surface area contributed by atoms with Gasteiger partial charge in [-0.05, 0) is 36.4 Å². The summed E-state index contributed by atoms with van der Waals surface area (Å²) >= 11 is 0. The summed E-state index contributed by atoms with van der Waals surface area (Å²) in [5.74, 6) is -0.928. The van der Waals surface area contributed by atoms with Crippen LogP contribution in [0.15, 0.2) is 53.4 Å². The van der Waals surface area contributed by atoms with Crippen LogP contribution in [0.4, 0.5) is 10.1 Å². The van der Waals surface area contributed by atoms with Crippen LogP contribution in [-0.4, -0.2) is 44.8 Å². The van der Waals surface area contributed by atoms with Crippen molar-refractivity contribution in [3.63, 3.8) is 0 Å². The predicted molar refractivity (Wildman–Crippen MR) is 92.3 cm³/mol. The molecule has 0 unspecified atom stereocenters. The first-order valence-corrected chi connectivity index (χ1v) is 9.23. The maximum absolute atomic E-state index is 13.9. The van der Waals surface area contributed by atoms with E-state index in [1.54, 1.807) is 18.2 Å². The topological polar surface area (TPSA) is 83.7 Å². The van der Waals surface area contributed by atoms with Crippen molar-refractivity contribution in [1.82, 2.24) is 4.31 Å². The van der Waals surface area contributed by atoms with Crippen LogP contribution in [0.2, 0.25) is 0 Å². The first-order chi connectivity index (χ1) is 11.9. The van der Waals surface area contributed by atoms with Gasteiger partial charge in [-0.15, -0.1) is 0 Å². The van der Waals surface area contributed by atoms with E-state index in [2.05, 4.69) is 0 Å². The van der Waals surface area contributed by atoms with Gasteiger partial charge in [0.15, 0.2) is 0 Å². The molecule has 1 aliphatic rings. The van der Waals surface area contributed by atoms with Gasteiger partial charge in [0.1, 0.15) is 5.82 Å². The zero-order valence-corrected chi connectivity index (χ0v) is 14.2.